The smallest absolute Gasteiger partial charge is 0.0672 e. The number of aliphatic hydroxyl groups is 2. The second-order valence-corrected chi connectivity index (χ2v) is 15.2. The number of rotatable bonds is 20. The summed E-state index contributed by atoms with van der Waals surface area (Å²) in [6.45, 7) is 28.0. The van der Waals surface area contributed by atoms with Gasteiger partial charge in [0.2, 0.25) is 0 Å². The quantitative estimate of drug-likeness (QED) is 0.176. The molecule has 2 heteroatoms. The van der Waals surface area contributed by atoms with Gasteiger partial charge in [-0.3, -0.25) is 0 Å². The Morgan fingerprint density at radius 2 is 0.829 bits per heavy atom. The molecule has 0 radical (unpaired) electrons. The molecule has 0 saturated heterocycles. The van der Waals surface area contributed by atoms with Crippen LogP contribution in [0.25, 0.3) is 0 Å². The normalized spacial score (nSPS) is 18.7. The fourth-order valence-electron chi connectivity index (χ4n) is 5.95. The van der Waals surface area contributed by atoms with Crippen molar-refractivity contribution in [2.75, 3.05) is 0 Å². The number of hydrogen-bond donors (Lipinski definition) is 2. The average molecular weight is 497 g/mol. The first kappa shape index (κ1) is 34.9. The first-order chi connectivity index (χ1) is 15.9. The van der Waals surface area contributed by atoms with E-state index in [2.05, 4.69) is 83.1 Å². The minimum atomic E-state index is -0.749. The summed E-state index contributed by atoms with van der Waals surface area (Å²) in [6, 6.07) is 0. The third-order valence-electron chi connectivity index (χ3n) is 9.39. The maximum absolute atomic E-state index is 11.8. The van der Waals surface area contributed by atoms with Gasteiger partial charge in [0.15, 0.2) is 0 Å². The molecule has 0 aliphatic carbocycles. The molecule has 4 unspecified atom stereocenters. The van der Waals surface area contributed by atoms with Crippen molar-refractivity contribution in [2.45, 2.75) is 178 Å². The SMILES string of the molecule is CCC(C)(C)CC(C)CCC(O)CC(O)(CCC(C)CC(C)(C)CC)CCC(C)CC(C)(C)CC. The van der Waals surface area contributed by atoms with E-state index in [0.717, 1.165) is 38.5 Å². The monoisotopic (exact) mass is 497 g/mol. The predicted molar refractivity (Wildman–Crippen MR) is 157 cm³/mol. The highest BCUT2D eigenvalue weighted by Crippen LogP contribution is 2.37. The molecule has 35 heavy (non-hydrogen) atoms. The number of hydrogen-bond acceptors (Lipinski definition) is 2. The standard InChI is InChI=1S/C33H68O2/c1-13-30(7,8)22-26(4)16-17-29(34)25-33(35,20-18-27(5)23-31(9,10)14-2)21-19-28(6)24-32(11,12)15-3/h26-29,34-35H,13-25H2,1-12H3. The summed E-state index contributed by atoms with van der Waals surface area (Å²) in [6.07, 6.45) is 12.9. The van der Waals surface area contributed by atoms with Crippen molar-refractivity contribution >= 4 is 0 Å². The summed E-state index contributed by atoms with van der Waals surface area (Å²) >= 11 is 0. The Kier molecular flexibility index (Phi) is 15.3. The minimum absolute atomic E-state index is 0.361. The van der Waals surface area contributed by atoms with Crippen molar-refractivity contribution in [1.82, 2.24) is 0 Å². The van der Waals surface area contributed by atoms with Gasteiger partial charge in [-0.15, -0.1) is 0 Å². The van der Waals surface area contributed by atoms with Crippen LogP contribution >= 0.6 is 0 Å². The largest absolute Gasteiger partial charge is 0.393 e. The molecule has 0 saturated carbocycles. The molecule has 0 aromatic heterocycles. The van der Waals surface area contributed by atoms with Crippen LogP contribution in [0.4, 0.5) is 0 Å². The summed E-state index contributed by atoms with van der Waals surface area (Å²) < 4.78 is 0. The molecule has 0 aliphatic rings. The van der Waals surface area contributed by atoms with Gasteiger partial charge in [-0.05, 0) is 91.8 Å². The van der Waals surface area contributed by atoms with E-state index in [1.54, 1.807) is 0 Å². The summed E-state index contributed by atoms with van der Waals surface area (Å²) in [4.78, 5) is 0. The molecule has 0 spiro atoms. The van der Waals surface area contributed by atoms with Gasteiger partial charge in [-0.25, -0.2) is 0 Å². The lowest BCUT2D eigenvalue weighted by Gasteiger charge is -2.35. The first-order valence-corrected chi connectivity index (χ1v) is 15.3. The second-order valence-electron chi connectivity index (χ2n) is 15.2. The van der Waals surface area contributed by atoms with E-state index < -0.39 is 11.7 Å². The van der Waals surface area contributed by atoms with Gasteiger partial charge in [0, 0.05) is 6.42 Å². The van der Waals surface area contributed by atoms with Crippen molar-refractivity contribution in [3.63, 3.8) is 0 Å². The molecule has 0 aliphatic heterocycles. The second kappa shape index (κ2) is 15.4. The van der Waals surface area contributed by atoms with Gasteiger partial charge >= 0.3 is 0 Å². The van der Waals surface area contributed by atoms with Gasteiger partial charge in [0.05, 0.1) is 11.7 Å². The van der Waals surface area contributed by atoms with Crippen LogP contribution in [-0.4, -0.2) is 21.9 Å². The van der Waals surface area contributed by atoms with Crippen molar-refractivity contribution < 1.29 is 10.2 Å². The molecule has 0 fully saturated rings. The van der Waals surface area contributed by atoms with Crippen LogP contribution < -0.4 is 0 Å². The van der Waals surface area contributed by atoms with Crippen molar-refractivity contribution in [1.29, 1.82) is 0 Å². The highest BCUT2D eigenvalue weighted by molar-refractivity contribution is 4.85. The zero-order chi connectivity index (χ0) is 27.5. The Morgan fingerprint density at radius 3 is 1.14 bits per heavy atom. The van der Waals surface area contributed by atoms with E-state index in [4.69, 9.17) is 0 Å². The van der Waals surface area contributed by atoms with Crippen molar-refractivity contribution in [3.8, 4) is 0 Å². The predicted octanol–water partition coefficient (Wildman–Crippen LogP) is 10.2. The number of aliphatic hydroxyl groups excluding tert-OH is 1. The first-order valence-electron chi connectivity index (χ1n) is 15.3. The van der Waals surface area contributed by atoms with E-state index in [9.17, 15) is 10.2 Å². The molecule has 0 amide bonds. The molecule has 0 rings (SSSR count). The van der Waals surface area contributed by atoms with Crippen molar-refractivity contribution in [3.05, 3.63) is 0 Å². The Morgan fingerprint density at radius 1 is 0.514 bits per heavy atom. The van der Waals surface area contributed by atoms with E-state index in [0.29, 0.717) is 40.4 Å². The lowest BCUT2D eigenvalue weighted by atomic mass is 9.75. The van der Waals surface area contributed by atoms with Crippen LogP contribution in [0.15, 0.2) is 0 Å². The van der Waals surface area contributed by atoms with E-state index >= 15 is 0 Å². The lowest BCUT2D eigenvalue weighted by molar-refractivity contribution is -0.0360. The van der Waals surface area contributed by atoms with Crippen LogP contribution in [-0.2, 0) is 0 Å². The van der Waals surface area contributed by atoms with Crippen LogP contribution in [0.3, 0.4) is 0 Å². The Labute approximate surface area is 222 Å². The Bertz CT molecular complexity index is 519. The summed E-state index contributed by atoms with van der Waals surface area (Å²) in [5, 5.41) is 22.8. The average Bonchev–Trinajstić information content (AvgIpc) is 2.74. The maximum Gasteiger partial charge on any atom is 0.0672 e. The Hall–Kier alpha value is -0.0800. The molecule has 0 bridgehead atoms. The third-order valence-corrected chi connectivity index (χ3v) is 9.39. The Balaban J connectivity index is 5.11. The summed E-state index contributed by atoms with van der Waals surface area (Å²) in [5.74, 6) is 1.81. The topological polar surface area (TPSA) is 40.5 Å². The third kappa shape index (κ3) is 16.4. The van der Waals surface area contributed by atoms with E-state index in [1.807, 2.05) is 0 Å². The lowest BCUT2D eigenvalue weighted by Crippen LogP contribution is -2.35. The zero-order valence-electron chi connectivity index (χ0n) is 26.4. The zero-order valence-corrected chi connectivity index (χ0v) is 26.4. The van der Waals surface area contributed by atoms with E-state index in [1.165, 1.54) is 38.5 Å². The van der Waals surface area contributed by atoms with Crippen LogP contribution in [0, 0.1) is 34.0 Å². The minimum Gasteiger partial charge on any atom is -0.393 e. The molecule has 0 aromatic carbocycles. The van der Waals surface area contributed by atoms with Gasteiger partial charge < -0.3 is 10.2 Å². The molecule has 4 atom stereocenters. The summed E-state index contributed by atoms with van der Waals surface area (Å²) in [5.41, 5.74) is 0.343. The molecule has 0 heterocycles. The van der Waals surface area contributed by atoms with Crippen LogP contribution in [0.2, 0.25) is 0 Å². The van der Waals surface area contributed by atoms with Gasteiger partial charge in [-0.2, -0.15) is 0 Å². The van der Waals surface area contributed by atoms with Crippen LogP contribution in [0.5, 0.6) is 0 Å². The van der Waals surface area contributed by atoms with E-state index in [-0.39, 0.29) is 0 Å². The molecule has 0 aromatic rings. The molecular weight excluding hydrogens is 428 g/mol. The van der Waals surface area contributed by atoms with Gasteiger partial charge in [-0.1, -0.05) is 102 Å². The fourth-order valence-corrected chi connectivity index (χ4v) is 5.95. The van der Waals surface area contributed by atoms with Crippen LogP contribution in [0.1, 0.15) is 167 Å². The molecule has 2 nitrogen and oxygen atoms in total. The van der Waals surface area contributed by atoms with Gasteiger partial charge in [0.25, 0.3) is 0 Å². The highest BCUT2D eigenvalue weighted by atomic mass is 16.3. The van der Waals surface area contributed by atoms with Gasteiger partial charge in [0.1, 0.15) is 0 Å². The molecular formula is C33H68O2. The summed E-state index contributed by atoms with van der Waals surface area (Å²) in [7, 11) is 0. The molecule has 212 valence electrons. The van der Waals surface area contributed by atoms with Crippen molar-refractivity contribution in [2.24, 2.45) is 34.0 Å². The molecule has 2 N–H and O–H groups in total. The maximum atomic E-state index is 11.8. The highest BCUT2D eigenvalue weighted by Gasteiger charge is 2.32. The fraction of sp³-hybridized carbons (Fsp3) is 1.00.